The van der Waals surface area contributed by atoms with Gasteiger partial charge in [0, 0.05) is 18.8 Å². The van der Waals surface area contributed by atoms with Crippen molar-refractivity contribution < 1.29 is 14.3 Å². The Morgan fingerprint density at radius 1 is 0.935 bits per heavy atom. The van der Waals surface area contributed by atoms with Gasteiger partial charge in [-0.3, -0.25) is 9.69 Å². The number of benzene rings is 2. The highest BCUT2D eigenvalue weighted by Gasteiger charge is 2.18. The molecule has 3 rings (SSSR count). The summed E-state index contributed by atoms with van der Waals surface area (Å²) in [5.74, 6) is 1.63. The van der Waals surface area contributed by atoms with Gasteiger partial charge in [0.1, 0.15) is 11.5 Å². The molecule has 162 valence electrons. The maximum absolute atomic E-state index is 12.4. The van der Waals surface area contributed by atoms with Crippen LogP contribution < -0.4 is 14.8 Å². The predicted molar refractivity (Wildman–Crippen MR) is 121 cm³/mol. The van der Waals surface area contributed by atoms with Crippen LogP contribution in [0.2, 0.25) is 0 Å². The average Bonchev–Trinajstić information content (AvgIpc) is 2.82. The molecule has 1 amide bonds. The van der Waals surface area contributed by atoms with Gasteiger partial charge in [-0.2, -0.15) is 0 Å². The van der Waals surface area contributed by atoms with E-state index in [1.165, 1.54) is 5.56 Å². The van der Waals surface area contributed by atoms with Crippen LogP contribution in [-0.2, 0) is 4.79 Å². The second-order valence-corrected chi connectivity index (χ2v) is 6.98. The van der Waals surface area contributed by atoms with Crippen molar-refractivity contribution in [1.29, 1.82) is 0 Å². The summed E-state index contributed by atoms with van der Waals surface area (Å²) >= 11 is 0. The van der Waals surface area contributed by atoms with Crippen molar-refractivity contribution >= 4 is 5.91 Å². The maximum atomic E-state index is 12.4. The van der Waals surface area contributed by atoms with Crippen molar-refractivity contribution in [2.24, 2.45) is 0 Å². The Hall–Kier alpha value is -3.38. The lowest BCUT2D eigenvalue weighted by Crippen LogP contribution is -2.39. The van der Waals surface area contributed by atoms with Gasteiger partial charge < -0.3 is 14.8 Å². The zero-order valence-corrected chi connectivity index (χ0v) is 18.0. The molecule has 0 aliphatic rings. The molecule has 0 unspecified atom stereocenters. The lowest BCUT2D eigenvalue weighted by molar-refractivity contribution is -0.123. The largest absolute Gasteiger partial charge is 0.484 e. The fourth-order valence-corrected chi connectivity index (χ4v) is 3.34. The van der Waals surface area contributed by atoms with Gasteiger partial charge in [0.2, 0.25) is 5.88 Å². The second-order valence-electron chi connectivity index (χ2n) is 6.98. The Bertz CT molecular complexity index is 914. The molecule has 6 nitrogen and oxygen atoms in total. The first-order valence-corrected chi connectivity index (χ1v) is 10.6. The third-order valence-electron chi connectivity index (χ3n) is 4.98. The summed E-state index contributed by atoms with van der Waals surface area (Å²) in [6.45, 7) is 6.58. The fraction of sp³-hybridized carbons (Fsp3) is 0.280. The summed E-state index contributed by atoms with van der Waals surface area (Å²) in [5, 5.41) is 3.01. The molecule has 0 bridgehead atoms. The smallest absolute Gasteiger partial charge is 0.258 e. The fourth-order valence-electron chi connectivity index (χ4n) is 3.34. The molecular weight excluding hydrogens is 390 g/mol. The number of rotatable bonds is 11. The number of hydrogen-bond donors (Lipinski definition) is 1. The number of carbonyl (C=O) groups excluding carboxylic acids is 1. The van der Waals surface area contributed by atoms with Crippen LogP contribution in [0.25, 0.3) is 0 Å². The summed E-state index contributed by atoms with van der Waals surface area (Å²) in [6.07, 6.45) is 1.67. The van der Waals surface area contributed by atoms with Crippen LogP contribution in [-0.4, -0.2) is 42.0 Å². The number of hydrogen-bond acceptors (Lipinski definition) is 5. The number of pyridine rings is 1. The van der Waals surface area contributed by atoms with E-state index in [1.807, 2.05) is 30.3 Å². The van der Waals surface area contributed by atoms with Gasteiger partial charge in [0.25, 0.3) is 5.91 Å². The van der Waals surface area contributed by atoms with Gasteiger partial charge in [-0.15, -0.1) is 0 Å². The lowest BCUT2D eigenvalue weighted by Gasteiger charge is -2.30. The molecule has 1 aromatic heterocycles. The van der Waals surface area contributed by atoms with E-state index < -0.39 is 0 Å². The van der Waals surface area contributed by atoms with Crippen molar-refractivity contribution in [3.8, 4) is 17.4 Å². The van der Waals surface area contributed by atoms with Gasteiger partial charge in [0.15, 0.2) is 6.61 Å². The molecule has 31 heavy (non-hydrogen) atoms. The number of amides is 1. The molecule has 6 heteroatoms. The van der Waals surface area contributed by atoms with Crippen LogP contribution in [0.5, 0.6) is 17.4 Å². The van der Waals surface area contributed by atoms with E-state index in [-0.39, 0.29) is 18.6 Å². The Labute approximate surface area is 183 Å². The van der Waals surface area contributed by atoms with Crippen molar-refractivity contribution in [3.63, 3.8) is 0 Å². The van der Waals surface area contributed by atoms with E-state index in [4.69, 9.17) is 9.47 Å². The lowest BCUT2D eigenvalue weighted by atomic mass is 10.1. The van der Waals surface area contributed by atoms with Gasteiger partial charge in [0.05, 0.1) is 6.04 Å². The molecular formula is C25H29N3O3. The predicted octanol–water partition coefficient (Wildman–Crippen LogP) is 4.45. The van der Waals surface area contributed by atoms with Gasteiger partial charge in [-0.25, -0.2) is 4.98 Å². The number of nitrogens with one attached hydrogen (secondary N) is 1. The molecule has 0 saturated carbocycles. The van der Waals surface area contributed by atoms with E-state index in [2.05, 4.69) is 41.2 Å². The highest BCUT2D eigenvalue weighted by atomic mass is 16.5. The molecule has 3 aromatic rings. The molecule has 0 fully saturated rings. The van der Waals surface area contributed by atoms with Crippen LogP contribution in [0.15, 0.2) is 79.0 Å². The Kier molecular flexibility index (Phi) is 8.43. The average molecular weight is 420 g/mol. The Morgan fingerprint density at radius 3 is 2.26 bits per heavy atom. The second kappa shape index (κ2) is 11.7. The third-order valence-corrected chi connectivity index (χ3v) is 4.98. The van der Waals surface area contributed by atoms with E-state index >= 15 is 0 Å². The number of aromatic nitrogens is 1. The zero-order valence-electron chi connectivity index (χ0n) is 18.0. The number of ether oxygens (including phenoxy) is 2. The molecule has 0 aliphatic carbocycles. The topological polar surface area (TPSA) is 63.7 Å². The van der Waals surface area contributed by atoms with Crippen molar-refractivity contribution in [2.45, 2.75) is 19.9 Å². The van der Waals surface area contributed by atoms with E-state index in [0.717, 1.165) is 13.1 Å². The molecule has 1 heterocycles. The summed E-state index contributed by atoms with van der Waals surface area (Å²) in [5.41, 5.74) is 1.19. The zero-order chi connectivity index (χ0) is 21.9. The van der Waals surface area contributed by atoms with Gasteiger partial charge in [-0.05, 0) is 49.0 Å². The summed E-state index contributed by atoms with van der Waals surface area (Å²) in [6, 6.07) is 23.0. The molecule has 0 radical (unpaired) electrons. The summed E-state index contributed by atoms with van der Waals surface area (Å²) < 4.78 is 11.3. The van der Waals surface area contributed by atoms with Crippen molar-refractivity contribution in [2.75, 3.05) is 26.2 Å². The normalized spacial score (nSPS) is 11.7. The highest BCUT2D eigenvalue weighted by Crippen LogP contribution is 2.22. The van der Waals surface area contributed by atoms with E-state index in [9.17, 15) is 4.79 Å². The first kappa shape index (κ1) is 22.3. The minimum absolute atomic E-state index is 0.0415. The van der Waals surface area contributed by atoms with Gasteiger partial charge >= 0.3 is 0 Å². The van der Waals surface area contributed by atoms with Crippen LogP contribution in [0.4, 0.5) is 0 Å². The minimum atomic E-state index is -0.151. The van der Waals surface area contributed by atoms with Crippen LogP contribution in [0.3, 0.4) is 0 Å². The Morgan fingerprint density at radius 2 is 1.61 bits per heavy atom. The summed E-state index contributed by atoms with van der Waals surface area (Å²) in [4.78, 5) is 18.8. The standard InChI is InChI=1S/C25H29N3O3/c1-3-28(4-2)23(20-10-6-5-7-11-20)18-27-24(29)19-30-21-13-15-22(16-14-21)31-25-12-8-9-17-26-25/h5-17,23H,3-4,18-19H2,1-2H3,(H,27,29)/t23-/m0/s1. The van der Waals surface area contributed by atoms with Crippen LogP contribution >= 0.6 is 0 Å². The monoisotopic (exact) mass is 419 g/mol. The van der Waals surface area contributed by atoms with E-state index in [1.54, 1.807) is 36.5 Å². The quantitative estimate of drug-likeness (QED) is 0.497. The SMILES string of the molecule is CCN(CC)[C@@H](CNC(=O)COc1ccc(Oc2ccccn2)cc1)c1ccccc1. The highest BCUT2D eigenvalue weighted by molar-refractivity contribution is 5.77. The van der Waals surface area contributed by atoms with Crippen LogP contribution in [0, 0.1) is 0 Å². The maximum Gasteiger partial charge on any atom is 0.258 e. The molecule has 0 saturated heterocycles. The molecule has 2 aromatic carbocycles. The van der Waals surface area contributed by atoms with Crippen molar-refractivity contribution in [3.05, 3.63) is 84.6 Å². The third kappa shape index (κ3) is 6.83. The number of likely N-dealkylation sites (N-methyl/N-ethyl adjacent to an activating group) is 1. The molecule has 1 atom stereocenters. The Balaban J connectivity index is 1.49. The minimum Gasteiger partial charge on any atom is -0.484 e. The first-order valence-electron chi connectivity index (χ1n) is 10.6. The molecule has 0 spiro atoms. The van der Waals surface area contributed by atoms with Crippen molar-refractivity contribution in [1.82, 2.24) is 15.2 Å². The van der Waals surface area contributed by atoms with Crippen LogP contribution in [0.1, 0.15) is 25.5 Å². The molecule has 0 aliphatic heterocycles. The number of nitrogens with zero attached hydrogens (tertiary/aromatic N) is 2. The van der Waals surface area contributed by atoms with E-state index in [0.29, 0.717) is 23.9 Å². The summed E-state index contributed by atoms with van der Waals surface area (Å²) in [7, 11) is 0. The van der Waals surface area contributed by atoms with Gasteiger partial charge in [-0.1, -0.05) is 50.2 Å². The number of carbonyl (C=O) groups is 1. The first-order chi connectivity index (χ1) is 15.2. The molecule has 1 N–H and O–H groups in total.